The van der Waals surface area contributed by atoms with E-state index in [1.54, 1.807) is 11.0 Å². The van der Waals surface area contributed by atoms with Crippen LogP contribution in [0, 0.1) is 11.6 Å². The average molecular weight is 380 g/mol. The van der Waals surface area contributed by atoms with Gasteiger partial charge in [0.1, 0.15) is 18.1 Å². The first-order chi connectivity index (χ1) is 13.1. The van der Waals surface area contributed by atoms with E-state index in [0.717, 1.165) is 12.1 Å². The molecule has 1 N–H and O–H groups in total. The van der Waals surface area contributed by atoms with Crippen molar-refractivity contribution in [3.8, 4) is 0 Å². The van der Waals surface area contributed by atoms with Crippen molar-refractivity contribution < 1.29 is 27.6 Å². The largest absolute Gasteiger partial charge is 0.442 e. The summed E-state index contributed by atoms with van der Waals surface area (Å²) >= 11 is 0. The SMILES string of the molecule is O=C1O[C@@H](CNc2ccon2)CN1c1cc(F)c(N2CCOCC2)c(F)c1. The molecular weight excluding hydrogens is 362 g/mol. The molecule has 0 radical (unpaired) electrons. The number of rotatable bonds is 5. The molecular formula is C17H18F2N4O4. The topological polar surface area (TPSA) is 80.1 Å². The third-order valence-corrected chi connectivity index (χ3v) is 4.46. The normalized spacial score (nSPS) is 20.1. The number of anilines is 3. The molecule has 1 atom stereocenters. The molecule has 0 unspecified atom stereocenters. The molecule has 3 heterocycles. The predicted octanol–water partition coefficient (Wildman–Crippen LogP) is 2.23. The van der Waals surface area contributed by atoms with Crippen molar-refractivity contribution >= 4 is 23.3 Å². The van der Waals surface area contributed by atoms with Crippen LogP contribution in [0.4, 0.5) is 30.8 Å². The van der Waals surface area contributed by atoms with Crippen molar-refractivity contribution in [2.45, 2.75) is 6.10 Å². The van der Waals surface area contributed by atoms with E-state index in [-0.39, 0.29) is 17.9 Å². The van der Waals surface area contributed by atoms with Gasteiger partial charge in [0.2, 0.25) is 0 Å². The first kappa shape index (κ1) is 17.5. The van der Waals surface area contributed by atoms with E-state index in [1.165, 1.54) is 11.2 Å². The quantitative estimate of drug-likeness (QED) is 0.852. The summed E-state index contributed by atoms with van der Waals surface area (Å²) < 4.78 is 44.3. The molecule has 0 saturated carbocycles. The first-order valence-electron chi connectivity index (χ1n) is 8.56. The summed E-state index contributed by atoms with van der Waals surface area (Å²) in [7, 11) is 0. The Morgan fingerprint density at radius 1 is 1.22 bits per heavy atom. The van der Waals surface area contributed by atoms with E-state index in [9.17, 15) is 13.6 Å². The number of nitrogens with zero attached hydrogens (tertiary/aromatic N) is 3. The molecule has 10 heteroatoms. The van der Waals surface area contributed by atoms with E-state index in [2.05, 4.69) is 10.5 Å². The fraction of sp³-hybridized carbons (Fsp3) is 0.412. The van der Waals surface area contributed by atoms with Crippen LogP contribution in [-0.2, 0) is 9.47 Å². The second-order valence-corrected chi connectivity index (χ2v) is 6.24. The van der Waals surface area contributed by atoms with Gasteiger partial charge in [0.05, 0.1) is 32.0 Å². The van der Waals surface area contributed by atoms with E-state index < -0.39 is 23.8 Å². The number of carbonyl (C=O) groups is 1. The number of hydrogen-bond donors (Lipinski definition) is 1. The molecule has 4 rings (SSSR count). The van der Waals surface area contributed by atoms with Crippen LogP contribution >= 0.6 is 0 Å². The van der Waals surface area contributed by atoms with Gasteiger partial charge in [-0.3, -0.25) is 4.90 Å². The number of morpholine rings is 1. The zero-order chi connectivity index (χ0) is 18.8. The summed E-state index contributed by atoms with van der Waals surface area (Å²) in [5, 5.41) is 6.66. The van der Waals surface area contributed by atoms with Gasteiger partial charge in [-0.05, 0) is 0 Å². The minimum atomic E-state index is -0.719. The summed E-state index contributed by atoms with van der Waals surface area (Å²) in [4.78, 5) is 14.9. The molecule has 27 heavy (non-hydrogen) atoms. The summed E-state index contributed by atoms with van der Waals surface area (Å²) in [5.74, 6) is -0.927. The molecule has 1 aromatic carbocycles. The van der Waals surface area contributed by atoms with Crippen LogP contribution in [0.15, 0.2) is 29.0 Å². The Labute approximate surface area is 153 Å². The highest BCUT2D eigenvalue weighted by Crippen LogP contribution is 2.31. The van der Waals surface area contributed by atoms with Crippen LogP contribution in [0.3, 0.4) is 0 Å². The van der Waals surface area contributed by atoms with Gasteiger partial charge in [-0.15, -0.1) is 0 Å². The number of aromatic nitrogens is 1. The van der Waals surface area contributed by atoms with Crippen molar-refractivity contribution in [1.82, 2.24) is 5.16 Å². The van der Waals surface area contributed by atoms with Gasteiger partial charge in [0, 0.05) is 31.3 Å². The first-order valence-corrected chi connectivity index (χ1v) is 8.56. The molecule has 144 valence electrons. The summed E-state index contributed by atoms with van der Waals surface area (Å²) in [6.45, 7) is 2.12. The van der Waals surface area contributed by atoms with E-state index >= 15 is 0 Å². The Morgan fingerprint density at radius 3 is 2.63 bits per heavy atom. The minimum absolute atomic E-state index is 0.0983. The third-order valence-electron chi connectivity index (χ3n) is 4.46. The van der Waals surface area contributed by atoms with Gasteiger partial charge in [0.15, 0.2) is 17.5 Å². The molecule has 0 aliphatic carbocycles. The molecule has 2 aliphatic rings. The second kappa shape index (κ2) is 7.39. The lowest BCUT2D eigenvalue weighted by Crippen LogP contribution is -2.37. The van der Waals surface area contributed by atoms with Crippen molar-refractivity contribution in [3.05, 3.63) is 36.1 Å². The standard InChI is InChI=1S/C17H18F2N4O4/c18-13-7-11(8-14(19)16(13)22-2-5-25-6-3-22)23-10-12(27-17(23)24)9-20-15-1-4-26-21-15/h1,4,7-8,12H,2-3,5-6,9-10H2,(H,20,21)/t12-/m0/s1. The number of ether oxygens (including phenoxy) is 2. The number of benzene rings is 1. The maximum absolute atomic E-state index is 14.6. The smallest absolute Gasteiger partial charge is 0.414 e. The Bertz CT molecular complexity index is 788. The van der Waals surface area contributed by atoms with Crippen molar-refractivity contribution in [2.75, 3.05) is 54.5 Å². The number of nitrogens with one attached hydrogen (secondary N) is 1. The zero-order valence-corrected chi connectivity index (χ0v) is 14.4. The number of carbonyl (C=O) groups excluding carboxylic acids is 1. The van der Waals surface area contributed by atoms with Crippen LogP contribution in [0.25, 0.3) is 0 Å². The van der Waals surface area contributed by atoms with Gasteiger partial charge in [-0.1, -0.05) is 5.16 Å². The zero-order valence-electron chi connectivity index (χ0n) is 14.4. The van der Waals surface area contributed by atoms with Crippen LogP contribution in [-0.4, -0.2) is 56.7 Å². The molecule has 1 amide bonds. The molecule has 2 saturated heterocycles. The molecule has 8 nitrogen and oxygen atoms in total. The Kier molecular flexibility index (Phi) is 4.80. The summed E-state index contributed by atoms with van der Waals surface area (Å²) in [6, 6.07) is 3.94. The molecule has 0 bridgehead atoms. The minimum Gasteiger partial charge on any atom is -0.442 e. The van der Waals surface area contributed by atoms with Gasteiger partial charge < -0.3 is 24.2 Å². The highest BCUT2D eigenvalue weighted by atomic mass is 19.1. The van der Waals surface area contributed by atoms with Gasteiger partial charge in [0.25, 0.3) is 0 Å². The van der Waals surface area contributed by atoms with Crippen LogP contribution in [0.2, 0.25) is 0 Å². The summed E-state index contributed by atoms with van der Waals surface area (Å²) in [6.07, 6.45) is 0.274. The Hall–Kier alpha value is -2.88. The lowest BCUT2D eigenvalue weighted by molar-refractivity contribution is 0.122. The van der Waals surface area contributed by atoms with Gasteiger partial charge in [-0.25, -0.2) is 13.6 Å². The maximum Gasteiger partial charge on any atom is 0.414 e. The fourth-order valence-corrected chi connectivity index (χ4v) is 3.16. The highest BCUT2D eigenvalue weighted by molar-refractivity contribution is 5.90. The molecule has 2 aliphatic heterocycles. The number of amides is 1. The van der Waals surface area contributed by atoms with Gasteiger partial charge >= 0.3 is 6.09 Å². The molecule has 1 aromatic heterocycles. The van der Waals surface area contributed by atoms with Crippen molar-refractivity contribution in [1.29, 1.82) is 0 Å². The number of cyclic esters (lactones) is 1. The van der Waals surface area contributed by atoms with Crippen LogP contribution in [0.5, 0.6) is 0 Å². The van der Waals surface area contributed by atoms with Crippen LogP contribution in [0.1, 0.15) is 0 Å². The fourth-order valence-electron chi connectivity index (χ4n) is 3.16. The van der Waals surface area contributed by atoms with Crippen LogP contribution < -0.4 is 15.1 Å². The number of halogens is 2. The number of hydrogen-bond acceptors (Lipinski definition) is 7. The van der Waals surface area contributed by atoms with Crippen molar-refractivity contribution in [3.63, 3.8) is 0 Å². The third kappa shape index (κ3) is 3.65. The predicted molar refractivity (Wildman–Crippen MR) is 92.0 cm³/mol. The van der Waals surface area contributed by atoms with Crippen molar-refractivity contribution in [2.24, 2.45) is 0 Å². The van der Waals surface area contributed by atoms with Gasteiger partial charge in [-0.2, -0.15) is 0 Å². The molecule has 2 aromatic rings. The lowest BCUT2D eigenvalue weighted by atomic mass is 10.2. The molecule has 0 spiro atoms. The average Bonchev–Trinajstić information content (AvgIpc) is 3.29. The van der Waals surface area contributed by atoms with E-state index in [0.29, 0.717) is 38.7 Å². The monoisotopic (exact) mass is 380 g/mol. The Morgan fingerprint density at radius 2 is 1.96 bits per heavy atom. The molecule has 2 fully saturated rings. The lowest BCUT2D eigenvalue weighted by Gasteiger charge is -2.29. The maximum atomic E-state index is 14.6. The Balaban J connectivity index is 1.47. The highest BCUT2D eigenvalue weighted by Gasteiger charge is 2.33. The van der Waals surface area contributed by atoms with E-state index in [4.69, 9.17) is 14.0 Å². The second-order valence-electron chi connectivity index (χ2n) is 6.24. The summed E-state index contributed by atoms with van der Waals surface area (Å²) in [5.41, 5.74) is 0.0230. The van der Waals surface area contributed by atoms with E-state index in [1.807, 2.05) is 0 Å².